The van der Waals surface area contributed by atoms with Crippen molar-refractivity contribution in [3.63, 3.8) is 0 Å². The van der Waals surface area contributed by atoms with Gasteiger partial charge >= 0.3 is 0 Å². The molecule has 7 heteroatoms. The maximum Gasteiger partial charge on any atom is 0.181 e. The molecule has 0 aromatic heterocycles. The zero-order chi connectivity index (χ0) is 20.5. The summed E-state index contributed by atoms with van der Waals surface area (Å²) in [6.45, 7) is 5.25. The van der Waals surface area contributed by atoms with Gasteiger partial charge in [0.2, 0.25) is 0 Å². The van der Waals surface area contributed by atoms with Crippen molar-refractivity contribution in [2.45, 2.75) is 25.4 Å². The third kappa shape index (κ3) is 3.87. The highest BCUT2D eigenvalue weighted by molar-refractivity contribution is 7.92. The lowest BCUT2D eigenvalue weighted by Crippen LogP contribution is -2.39. The van der Waals surface area contributed by atoms with Gasteiger partial charge < -0.3 is 18.4 Å². The molecule has 0 bridgehead atoms. The molecule has 0 spiro atoms. The van der Waals surface area contributed by atoms with Crippen LogP contribution in [0.15, 0.2) is 30.3 Å². The van der Waals surface area contributed by atoms with Crippen molar-refractivity contribution in [1.82, 2.24) is 9.21 Å². The lowest BCUT2D eigenvalue weighted by Gasteiger charge is -2.41. The molecule has 5 rings (SSSR count). The predicted octanol–water partition coefficient (Wildman–Crippen LogP) is 3.63. The van der Waals surface area contributed by atoms with Crippen LogP contribution in [-0.2, 0) is 24.1 Å². The maximum atomic E-state index is 6.10. The first kappa shape index (κ1) is 20.0. The van der Waals surface area contributed by atoms with E-state index in [1.165, 1.54) is 34.5 Å². The quantitative estimate of drug-likeness (QED) is 0.532. The van der Waals surface area contributed by atoms with Gasteiger partial charge in [-0.25, -0.2) is 4.31 Å². The molecule has 1 atom stereocenters. The van der Waals surface area contributed by atoms with Crippen molar-refractivity contribution in [1.29, 1.82) is 0 Å². The molecule has 1 fully saturated rings. The average molecular weight is 429 g/mol. The van der Waals surface area contributed by atoms with E-state index in [4.69, 9.17) is 18.4 Å². The molecule has 30 heavy (non-hydrogen) atoms. The van der Waals surface area contributed by atoms with Gasteiger partial charge in [-0.1, -0.05) is 6.07 Å². The summed E-state index contributed by atoms with van der Waals surface area (Å²) in [7, 11) is 3.45. The van der Waals surface area contributed by atoms with Gasteiger partial charge in [-0.15, -0.1) is 0 Å². The molecule has 1 saturated heterocycles. The Morgan fingerprint density at radius 1 is 0.933 bits per heavy atom. The van der Waals surface area contributed by atoms with E-state index >= 15 is 0 Å². The van der Waals surface area contributed by atoms with Crippen LogP contribution >= 0.6 is 12.2 Å². The summed E-state index contributed by atoms with van der Waals surface area (Å²) in [5.74, 6) is 2.54. The van der Waals surface area contributed by atoms with Crippen molar-refractivity contribution in [2.75, 3.05) is 47.1 Å². The van der Waals surface area contributed by atoms with Crippen LogP contribution in [0.2, 0.25) is 0 Å². The molecule has 1 unspecified atom stereocenters. The van der Waals surface area contributed by atoms with Crippen LogP contribution in [-0.4, -0.2) is 56.3 Å². The zero-order valence-electron chi connectivity index (χ0n) is 17.6. The zero-order valence-corrected chi connectivity index (χ0v) is 18.4. The Balaban J connectivity index is 1.39. The van der Waals surface area contributed by atoms with Crippen LogP contribution in [0.4, 0.5) is 0 Å². The van der Waals surface area contributed by atoms with Gasteiger partial charge in [0.05, 0.1) is 27.4 Å². The first-order chi connectivity index (χ1) is 14.7. The van der Waals surface area contributed by atoms with E-state index in [-0.39, 0.29) is 0 Å². The van der Waals surface area contributed by atoms with Crippen LogP contribution in [0.1, 0.15) is 28.3 Å². The van der Waals surface area contributed by atoms with Crippen LogP contribution < -0.4 is 13.7 Å². The van der Waals surface area contributed by atoms with E-state index in [9.17, 15) is 0 Å². The molecule has 3 aliphatic rings. The van der Waals surface area contributed by atoms with E-state index in [0.717, 1.165) is 69.5 Å². The molecule has 3 heterocycles. The van der Waals surface area contributed by atoms with E-state index in [0.29, 0.717) is 6.04 Å². The molecule has 0 amide bonds. The molecular weight excluding hydrogens is 400 g/mol. The summed E-state index contributed by atoms with van der Waals surface area (Å²) >= 11 is 1.40. The van der Waals surface area contributed by atoms with Crippen molar-refractivity contribution in [3.8, 4) is 17.2 Å². The molecule has 160 valence electrons. The van der Waals surface area contributed by atoms with Gasteiger partial charge in [-0.3, -0.25) is 4.90 Å². The number of hydrogen-bond acceptors (Lipinski definition) is 7. The number of methoxy groups -OCH3 is 2. The molecule has 6 nitrogen and oxygen atoms in total. The lowest BCUT2D eigenvalue weighted by molar-refractivity contribution is 0.0756. The van der Waals surface area contributed by atoms with E-state index in [1.807, 2.05) is 0 Å². The standard InChI is InChI=1S/C23H28N2O4S/c1-26-19-3-4-20-16(11-19)5-6-24-15-18-14-22(27-2)23(13-17(18)12-21(20)24)29-30-25-7-9-28-10-8-25/h3-4,11,13-14,21H,5-10,12,15H2,1-2H3. The summed E-state index contributed by atoms with van der Waals surface area (Å²) in [4.78, 5) is 2.58. The van der Waals surface area contributed by atoms with Gasteiger partial charge in [0, 0.05) is 32.2 Å². The van der Waals surface area contributed by atoms with Gasteiger partial charge in [0.25, 0.3) is 0 Å². The number of nitrogens with zero attached hydrogens (tertiary/aromatic N) is 2. The minimum atomic E-state index is 0.403. The molecule has 0 aliphatic carbocycles. The van der Waals surface area contributed by atoms with Gasteiger partial charge in [0.15, 0.2) is 11.5 Å². The summed E-state index contributed by atoms with van der Waals surface area (Å²) in [5, 5.41) is 0. The number of ether oxygens (including phenoxy) is 3. The number of morpholine rings is 1. The van der Waals surface area contributed by atoms with Crippen molar-refractivity contribution in [2.24, 2.45) is 0 Å². The van der Waals surface area contributed by atoms with E-state index in [2.05, 4.69) is 39.5 Å². The molecule has 2 aromatic rings. The summed E-state index contributed by atoms with van der Waals surface area (Å²) in [6.07, 6.45) is 2.05. The number of fused-ring (bicyclic) bond motifs is 4. The largest absolute Gasteiger partial charge is 0.497 e. The topological polar surface area (TPSA) is 43.4 Å². The minimum absolute atomic E-state index is 0.403. The second kappa shape index (κ2) is 8.67. The SMILES string of the molecule is COc1ccc2c(c1)CCN1Cc3cc(OC)c(OSN4CCOCC4)cc3CC21. The lowest BCUT2D eigenvalue weighted by atomic mass is 9.84. The van der Waals surface area contributed by atoms with Crippen molar-refractivity contribution in [3.05, 3.63) is 52.6 Å². The number of hydrogen-bond donors (Lipinski definition) is 0. The predicted molar refractivity (Wildman–Crippen MR) is 117 cm³/mol. The molecule has 0 saturated carbocycles. The van der Waals surface area contributed by atoms with Crippen LogP contribution in [0.25, 0.3) is 0 Å². The van der Waals surface area contributed by atoms with Crippen LogP contribution in [0, 0.1) is 0 Å². The fourth-order valence-electron chi connectivity index (χ4n) is 4.64. The van der Waals surface area contributed by atoms with Crippen LogP contribution in [0.3, 0.4) is 0 Å². The van der Waals surface area contributed by atoms with Crippen molar-refractivity contribution < 1.29 is 18.4 Å². The third-order valence-corrected chi connectivity index (χ3v) is 7.12. The van der Waals surface area contributed by atoms with Gasteiger partial charge in [0.1, 0.15) is 18.0 Å². The van der Waals surface area contributed by atoms with Gasteiger partial charge in [-0.2, -0.15) is 0 Å². The highest BCUT2D eigenvalue weighted by atomic mass is 32.2. The Morgan fingerprint density at radius 2 is 1.77 bits per heavy atom. The Bertz CT molecular complexity index is 916. The molecular formula is C23H28N2O4S. The first-order valence-corrected chi connectivity index (χ1v) is 11.2. The molecule has 0 N–H and O–H groups in total. The fourth-order valence-corrected chi connectivity index (χ4v) is 5.26. The Hall–Kier alpha value is -1.93. The smallest absolute Gasteiger partial charge is 0.181 e. The second-order valence-electron chi connectivity index (χ2n) is 7.98. The highest BCUT2D eigenvalue weighted by Gasteiger charge is 2.33. The molecule has 0 radical (unpaired) electrons. The Morgan fingerprint density at radius 3 is 2.57 bits per heavy atom. The minimum Gasteiger partial charge on any atom is -0.497 e. The fraction of sp³-hybridized carbons (Fsp3) is 0.478. The number of rotatable bonds is 5. The Labute approximate surface area is 182 Å². The summed E-state index contributed by atoms with van der Waals surface area (Å²) in [6, 6.07) is 11.3. The molecule has 3 aliphatic heterocycles. The first-order valence-electron chi connectivity index (χ1n) is 10.5. The third-order valence-electron chi connectivity index (χ3n) is 6.29. The normalized spacial score (nSPS) is 21.3. The average Bonchev–Trinajstić information content (AvgIpc) is 2.81. The summed E-state index contributed by atoms with van der Waals surface area (Å²) < 4.78 is 24.8. The number of benzene rings is 2. The van der Waals surface area contributed by atoms with Crippen molar-refractivity contribution >= 4 is 12.2 Å². The molecule has 2 aromatic carbocycles. The van der Waals surface area contributed by atoms with Gasteiger partial charge in [-0.05, 0) is 59.4 Å². The maximum absolute atomic E-state index is 6.10. The van der Waals surface area contributed by atoms with E-state index in [1.54, 1.807) is 14.2 Å². The second-order valence-corrected chi connectivity index (χ2v) is 8.81. The summed E-state index contributed by atoms with van der Waals surface area (Å²) in [5.41, 5.74) is 5.52. The van der Waals surface area contributed by atoms with Crippen LogP contribution in [0.5, 0.6) is 17.2 Å². The monoisotopic (exact) mass is 428 g/mol. The highest BCUT2D eigenvalue weighted by Crippen LogP contribution is 2.43. The Kier molecular flexibility index (Phi) is 5.78. The van der Waals surface area contributed by atoms with E-state index < -0.39 is 0 Å².